The van der Waals surface area contributed by atoms with E-state index in [2.05, 4.69) is 27.3 Å². The van der Waals surface area contributed by atoms with Crippen LogP contribution in [0.25, 0.3) is 0 Å². The van der Waals surface area contributed by atoms with Gasteiger partial charge in [-0.2, -0.15) is 0 Å². The van der Waals surface area contributed by atoms with Crippen LogP contribution in [0.2, 0.25) is 0 Å². The normalized spacial score (nSPS) is 15.4. The minimum absolute atomic E-state index is 0.0701. The molecular weight excluding hydrogens is 508 g/mol. The minimum Gasteiger partial charge on any atom is -0.495 e. The molecule has 9 nitrogen and oxygen atoms in total. The van der Waals surface area contributed by atoms with Crippen molar-refractivity contribution in [2.75, 3.05) is 26.7 Å². The van der Waals surface area contributed by atoms with Crippen LogP contribution in [0.1, 0.15) is 71.2 Å². The van der Waals surface area contributed by atoms with Gasteiger partial charge < -0.3 is 19.5 Å². The van der Waals surface area contributed by atoms with Crippen LogP contribution in [0, 0.1) is 0 Å². The number of aromatic nitrogens is 1. The molecule has 0 radical (unpaired) electrons. The number of amides is 2. The fourth-order valence-electron chi connectivity index (χ4n) is 4.72. The van der Waals surface area contributed by atoms with E-state index < -0.39 is 17.3 Å². The van der Waals surface area contributed by atoms with Crippen LogP contribution in [0.4, 0.5) is 9.59 Å². The van der Waals surface area contributed by atoms with Crippen LogP contribution in [-0.2, 0) is 29.0 Å². The summed E-state index contributed by atoms with van der Waals surface area (Å²) in [6, 6.07) is 12.0. The number of nitrogens with one attached hydrogen (secondary N) is 1. The van der Waals surface area contributed by atoms with Gasteiger partial charge in [0.1, 0.15) is 17.0 Å². The predicted molar refractivity (Wildman–Crippen MR) is 155 cm³/mol. The third-order valence-electron chi connectivity index (χ3n) is 6.46. The maximum Gasteiger partial charge on any atom is 0.410 e. The molecule has 0 saturated heterocycles. The zero-order chi connectivity index (χ0) is 29.3. The number of ether oxygens (including phenoxy) is 3. The zero-order valence-corrected chi connectivity index (χ0v) is 25.2. The number of pyridine rings is 1. The Kier molecular flexibility index (Phi) is 10.8. The third-order valence-corrected chi connectivity index (χ3v) is 6.46. The van der Waals surface area contributed by atoms with Gasteiger partial charge in [-0.1, -0.05) is 24.3 Å². The van der Waals surface area contributed by atoms with Gasteiger partial charge >= 0.3 is 12.2 Å². The highest BCUT2D eigenvalue weighted by Gasteiger charge is 2.34. The van der Waals surface area contributed by atoms with Crippen LogP contribution in [0.3, 0.4) is 0 Å². The summed E-state index contributed by atoms with van der Waals surface area (Å²) in [7, 11) is 1.65. The summed E-state index contributed by atoms with van der Waals surface area (Å²) in [5.74, 6) is 0.733. The lowest BCUT2D eigenvalue weighted by molar-refractivity contribution is 0.00704. The molecule has 220 valence electrons. The molecule has 1 N–H and O–H groups in total. The highest BCUT2D eigenvalue weighted by molar-refractivity contribution is 5.69. The van der Waals surface area contributed by atoms with Gasteiger partial charge in [-0.05, 0) is 90.6 Å². The summed E-state index contributed by atoms with van der Waals surface area (Å²) in [5.41, 5.74) is 2.14. The summed E-state index contributed by atoms with van der Waals surface area (Å²) in [4.78, 5) is 34.1. The van der Waals surface area contributed by atoms with Crippen molar-refractivity contribution in [2.24, 2.45) is 0 Å². The van der Waals surface area contributed by atoms with Crippen molar-refractivity contribution in [1.82, 2.24) is 20.1 Å². The average Bonchev–Trinajstić information content (AvgIpc) is 2.86. The van der Waals surface area contributed by atoms with Crippen molar-refractivity contribution >= 4 is 12.2 Å². The molecule has 0 saturated carbocycles. The number of fused-ring (bicyclic) bond motifs is 1. The number of alkyl carbamates (subject to hydrolysis) is 1. The Morgan fingerprint density at radius 2 is 1.70 bits per heavy atom. The van der Waals surface area contributed by atoms with E-state index in [0.717, 1.165) is 42.8 Å². The first-order valence-corrected chi connectivity index (χ1v) is 14.1. The maximum atomic E-state index is 13.3. The quantitative estimate of drug-likeness (QED) is 0.385. The second kappa shape index (κ2) is 13.8. The van der Waals surface area contributed by atoms with Crippen molar-refractivity contribution in [3.63, 3.8) is 0 Å². The van der Waals surface area contributed by atoms with Crippen LogP contribution >= 0.6 is 0 Å². The Labute approximate surface area is 239 Å². The van der Waals surface area contributed by atoms with E-state index in [1.54, 1.807) is 13.3 Å². The molecule has 0 aliphatic carbocycles. The molecule has 3 rings (SSSR count). The molecule has 2 heterocycles. The van der Waals surface area contributed by atoms with Gasteiger partial charge in [-0.25, -0.2) is 9.59 Å². The molecule has 40 heavy (non-hydrogen) atoms. The molecule has 0 bridgehead atoms. The van der Waals surface area contributed by atoms with E-state index in [0.29, 0.717) is 26.2 Å². The Hall–Kier alpha value is -3.33. The second-order valence-electron chi connectivity index (χ2n) is 12.3. The van der Waals surface area contributed by atoms with E-state index >= 15 is 0 Å². The summed E-state index contributed by atoms with van der Waals surface area (Å²) >= 11 is 0. The molecule has 0 spiro atoms. The number of benzene rings is 1. The summed E-state index contributed by atoms with van der Waals surface area (Å²) in [5, 5.41) is 2.84. The molecule has 9 heteroatoms. The Morgan fingerprint density at radius 1 is 1.00 bits per heavy atom. The van der Waals surface area contributed by atoms with E-state index in [4.69, 9.17) is 14.2 Å². The number of unbranched alkanes of at least 4 members (excludes halogenated alkanes) is 1. The maximum absolute atomic E-state index is 13.3. The van der Waals surface area contributed by atoms with Gasteiger partial charge in [0, 0.05) is 32.4 Å². The highest BCUT2D eigenvalue weighted by atomic mass is 16.6. The van der Waals surface area contributed by atoms with E-state index in [9.17, 15) is 9.59 Å². The third kappa shape index (κ3) is 10.0. The van der Waals surface area contributed by atoms with Gasteiger partial charge in [0.15, 0.2) is 0 Å². The highest BCUT2D eigenvalue weighted by Crippen LogP contribution is 2.27. The first kappa shape index (κ1) is 31.2. The molecule has 2 amide bonds. The first-order chi connectivity index (χ1) is 18.8. The van der Waals surface area contributed by atoms with Gasteiger partial charge in [0.05, 0.1) is 18.8 Å². The molecule has 2 aromatic rings. The average molecular weight is 555 g/mol. The number of hydrogen-bond acceptors (Lipinski definition) is 7. The predicted octanol–water partition coefficient (Wildman–Crippen LogP) is 5.56. The first-order valence-electron chi connectivity index (χ1n) is 14.1. The number of rotatable bonds is 10. The SMILES string of the molecule is COc1cccnc1CN(CCCCNC(=O)OC(C)(C)C)CC1Cc2ccccc2CN1C(=O)OC(C)(C)C. The summed E-state index contributed by atoms with van der Waals surface area (Å²) in [6.07, 6.45) is 3.44. The molecule has 1 aliphatic rings. The van der Waals surface area contributed by atoms with Crippen molar-refractivity contribution in [3.05, 3.63) is 59.4 Å². The molecule has 1 aromatic heterocycles. The Balaban J connectivity index is 1.74. The van der Waals surface area contributed by atoms with Crippen LogP contribution < -0.4 is 10.1 Å². The lowest BCUT2D eigenvalue weighted by Gasteiger charge is -2.40. The lowest BCUT2D eigenvalue weighted by Crippen LogP contribution is -2.51. The van der Waals surface area contributed by atoms with E-state index in [1.165, 1.54) is 5.56 Å². The fourth-order valence-corrected chi connectivity index (χ4v) is 4.72. The van der Waals surface area contributed by atoms with Crippen LogP contribution in [-0.4, -0.2) is 71.0 Å². The molecular formula is C31H46N4O5. The van der Waals surface area contributed by atoms with E-state index in [-0.39, 0.29) is 12.1 Å². The van der Waals surface area contributed by atoms with Gasteiger partial charge in [-0.3, -0.25) is 14.8 Å². The topological polar surface area (TPSA) is 93.2 Å². The van der Waals surface area contributed by atoms with Crippen LogP contribution in [0.15, 0.2) is 42.6 Å². The monoisotopic (exact) mass is 554 g/mol. The number of carbonyl (C=O) groups is 2. The van der Waals surface area contributed by atoms with Crippen molar-refractivity contribution < 1.29 is 23.8 Å². The van der Waals surface area contributed by atoms with Crippen molar-refractivity contribution in [2.45, 2.75) is 91.1 Å². The standard InChI is InChI=1S/C31H46N4O5/c1-30(2,3)39-28(36)33-16-10-11-18-34(22-26-27(38-7)15-12-17-32-26)21-25-19-23-13-8-9-14-24(23)20-35(25)29(37)40-31(4,5)6/h8-9,12-15,17,25H,10-11,16,18-22H2,1-7H3,(H,33,36). The number of methoxy groups -OCH3 is 1. The Bertz CT molecular complexity index is 1130. The smallest absolute Gasteiger partial charge is 0.410 e. The lowest BCUT2D eigenvalue weighted by atomic mass is 9.94. The largest absolute Gasteiger partial charge is 0.495 e. The minimum atomic E-state index is -0.583. The van der Waals surface area contributed by atoms with Crippen molar-refractivity contribution in [1.29, 1.82) is 0 Å². The second-order valence-corrected chi connectivity index (χ2v) is 12.3. The molecule has 1 atom stereocenters. The number of hydrogen-bond donors (Lipinski definition) is 1. The fraction of sp³-hybridized carbons (Fsp3) is 0.581. The zero-order valence-electron chi connectivity index (χ0n) is 25.2. The van der Waals surface area contributed by atoms with Crippen LogP contribution in [0.5, 0.6) is 5.75 Å². The summed E-state index contributed by atoms with van der Waals surface area (Å²) < 4.78 is 16.7. The van der Waals surface area contributed by atoms with Gasteiger partial charge in [0.2, 0.25) is 0 Å². The van der Waals surface area contributed by atoms with Crippen molar-refractivity contribution in [3.8, 4) is 5.75 Å². The molecule has 0 fully saturated rings. The molecule has 1 unspecified atom stereocenters. The molecule has 1 aliphatic heterocycles. The van der Waals surface area contributed by atoms with Gasteiger partial charge in [-0.15, -0.1) is 0 Å². The summed E-state index contributed by atoms with van der Waals surface area (Å²) in [6.45, 7) is 14.2. The number of nitrogens with zero attached hydrogens (tertiary/aromatic N) is 3. The van der Waals surface area contributed by atoms with Gasteiger partial charge in [0.25, 0.3) is 0 Å². The number of carbonyl (C=O) groups excluding carboxylic acids is 2. The molecule has 1 aromatic carbocycles. The van der Waals surface area contributed by atoms with E-state index in [1.807, 2.05) is 70.7 Å². The Morgan fingerprint density at radius 3 is 2.38 bits per heavy atom.